The van der Waals surface area contributed by atoms with Gasteiger partial charge in [0, 0.05) is 11.0 Å². The van der Waals surface area contributed by atoms with Gasteiger partial charge in [-0.1, -0.05) is 22.0 Å². The average molecular weight is 346 g/mol. The number of hydrogen-bond acceptors (Lipinski definition) is 2. The van der Waals surface area contributed by atoms with Gasteiger partial charge in [-0.3, -0.25) is 0 Å². The SMILES string of the molecule is OC(CNc1ccc(Br)cc1F)c1c(F)cccc1F. The highest BCUT2D eigenvalue weighted by molar-refractivity contribution is 9.10. The second-order valence-electron chi connectivity index (χ2n) is 4.16. The number of aliphatic hydroxyl groups excluding tert-OH is 1. The van der Waals surface area contributed by atoms with Crippen molar-refractivity contribution in [2.24, 2.45) is 0 Å². The van der Waals surface area contributed by atoms with Crippen molar-refractivity contribution < 1.29 is 18.3 Å². The van der Waals surface area contributed by atoms with Crippen LogP contribution in [0.25, 0.3) is 0 Å². The van der Waals surface area contributed by atoms with Gasteiger partial charge in [0.05, 0.1) is 11.3 Å². The Hall–Kier alpha value is -1.53. The van der Waals surface area contributed by atoms with E-state index in [0.717, 1.165) is 12.1 Å². The minimum absolute atomic E-state index is 0.143. The third kappa shape index (κ3) is 3.32. The Morgan fingerprint density at radius 1 is 1.05 bits per heavy atom. The van der Waals surface area contributed by atoms with Gasteiger partial charge in [-0.25, -0.2) is 13.2 Å². The minimum Gasteiger partial charge on any atom is -0.386 e. The molecule has 2 rings (SSSR count). The Kier molecular flexibility index (Phi) is 4.67. The van der Waals surface area contributed by atoms with Gasteiger partial charge in [0.2, 0.25) is 0 Å². The Morgan fingerprint density at radius 3 is 2.30 bits per heavy atom. The molecule has 0 bridgehead atoms. The zero-order valence-electron chi connectivity index (χ0n) is 10.2. The van der Waals surface area contributed by atoms with E-state index in [1.165, 1.54) is 18.2 Å². The standard InChI is InChI=1S/C14H11BrF3NO/c15-8-4-5-12(11(18)6-8)19-7-13(20)14-9(16)2-1-3-10(14)17/h1-6,13,19-20H,7H2. The molecule has 6 heteroatoms. The number of hydrogen-bond donors (Lipinski definition) is 2. The van der Waals surface area contributed by atoms with Crippen LogP contribution in [0.3, 0.4) is 0 Å². The van der Waals surface area contributed by atoms with Crippen molar-refractivity contribution in [3.8, 4) is 0 Å². The molecule has 20 heavy (non-hydrogen) atoms. The van der Waals surface area contributed by atoms with E-state index in [1.807, 2.05) is 0 Å². The number of benzene rings is 2. The molecular weight excluding hydrogens is 335 g/mol. The second kappa shape index (κ2) is 6.28. The van der Waals surface area contributed by atoms with Crippen LogP contribution in [0.4, 0.5) is 18.9 Å². The van der Waals surface area contributed by atoms with Crippen LogP contribution in [0.5, 0.6) is 0 Å². The van der Waals surface area contributed by atoms with Crippen LogP contribution in [-0.2, 0) is 0 Å². The first-order chi connectivity index (χ1) is 9.49. The molecule has 0 saturated heterocycles. The Labute approximate surface area is 122 Å². The second-order valence-corrected chi connectivity index (χ2v) is 5.07. The molecule has 0 aliphatic carbocycles. The van der Waals surface area contributed by atoms with Gasteiger partial charge < -0.3 is 10.4 Å². The van der Waals surface area contributed by atoms with Crippen LogP contribution in [0.2, 0.25) is 0 Å². The molecule has 0 spiro atoms. The smallest absolute Gasteiger partial charge is 0.147 e. The molecule has 2 aromatic rings. The molecule has 0 amide bonds. The molecule has 0 aliphatic heterocycles. The summed E-state index contributed by atoms with van der Waals surface area (Å²) in [6.07, 6.45) is -1.42. The molecule has 106 valence electrons. The maximum atomic E-state index is 13.5. The molecule has 0 heterocycles. The van der Waals surface area contributed by atoms with Crippen molar-refractivity contribution in [2.45, 2.75) is 6.10 Å². The summed E-state index contributed by atoms with van der Waals surface area (Å²) in [5.41, 5.74) is -0.290. The van der Waals surface area contributed by atoms with Gasteiger partial charge in [0.15, 0.2) is 0 Å². The van der Waals surface area contributed by atoms with E-state index in [0.29, 0.717) is 4.47 Å². The van der Waals surface area contributed by atoms with Gasteiger partial charge in [-0.05, 0) is 30.3 Å². The third-order valence-electron chi connectivity index (χ3n) is 2.75. The maximum Gasteiger partial charge on any atom is 0.147 e. The lowest BCUT2D eigenvalue weighted by molar-refractivity contribution is 0.181. The largest absolute Gasteiger partial charge is 0.386 e. The van der Waals surface area contributed by atoms with Gasteiger partial charge >= 0.3 is 0 Å². The van der Waals surface area contributed by atoms with Crippen molar-refractivity contribution in [2.75, 3.05) is 11.9 Å². The number of halogens is 4. The highest BCUT2D eigenvalue weighted by atomic mass is 79.9. The van der Waals surface area contributed by atoms with Crippen molar-refractivity contribution in [3.05, 3.63) is 63.9 Å². The Balaban J connectivity index is 2.11. The van der Waals surface area contributed by atoms with E-state index in [4.69, 9.17) is 0 Å². The number of nitrogens with one attached hydrogen (secondary N) is 1. The molecule has 0 aliphatic rings. The van der Waals surface area contributed by atoms with Crippen LogP contribution in [0.15, 0.2) is 40.9 Å². The normalized spacial score (nSPS) is 12.2. The van der Waals surface area contributed by atoms with Crippen molar-refractivity contribution in [1.82, 2.24) is 0 Å². The summed E-state index contributed by atoms with van der Waals surface area (Å²) < 4.78 is 41.0. The fourth-order valence-corrected chi connectivity index (χ4v) is 2.10. The number of aliphatic hydroxyl groups is 1. The van der Waals surface area contributed by atoms with Crippen LogP contribution in [0, 0.1) is 17.5 Å². The van der Waals surface area contributed by atoms with Crippen molar-refractivity contribution in [1.29, 1.82) is 0 Å². The van der Waals surface area contributed by atoms with E-state index < -0.39 is 29.1 Å². The zero-order valence-corrected chi connectivity index (χ0v) is 11.8. The molecule has 0 fully saturated rings. The lowest BCUT2D eigenvalue weighted by Gasteiger charge is -2.15. The Morgan fingerprint density at radius 2 is 1.70 bits per heavy atom. The summed E-state index contributed by atoms with van der Waals surface area (Å²) in [5, 5.41) is 12.4. The average Bonchev–Trinajstić information content (AvgIpc) is 2.37. The molecule has 1 unspecified atom stereocenters. The fraction of sp³-hybridized carbons (Fsp3) is 0.143. The molecule has 0 saturated carbocycles. The van der Waals surface area contributed by atoms with Crippen LogP contribution in [-0.4, -0.2) is 11.7 Å². The fourth-order valence-electron chi connectivity index (χ4n) is 1.77. The third-order valence-corrected chi connectivity index (χ3v) is 3.24. The lowest BCUT2D eigenvalue weighted by Crippen LogP contribution is -2.15. The van der Waals surface area contributed by atoms with Gasteiger partial charge in [0.25, 0.3) is 0 Å². The lowest BCUT2D eigenvalue weighted by atomic mass is 10.1. The Bertz CT molecular complexity index is 601. The molecule has 0 aromatic heterocycles. The van der Waals surface area contributed by atoms with E-state index in [1.54, 1.807) is 6.07 Å². The predicted octanol–water partition coefficient (Wildman–Crippen LogP) is 4.01. The van der Waals surface area contributed by atoms with Crippen molar-refractivity contribution >= 4 is 21.6 Å². The highest BCUT2D eigenvalue weighted by Crippen LogP contribution is 2.23. The van der Waals surface area contributed by atoms with Crippen LogP contribution >= 0.6 is 15.9 Å². The summed E-state index contributed by atoms with van der Waals surface area (Å²) in [7, 11) is 0. The van der Waals surface area contributed by atoms with E-state index in [-0.39, 0.29) is 12.2 Å². The maximum absolute atomic E-state index is 13.5. The van der Waals surface area contributed by atoms with Crippen molar-refractivity contribution in [3.63, 3.8) is 0 Å². The molecule has 2 N–H and O–H groups in total. The molecule has 2 nitrogen and oxygen atoms in total. The summed E-state index contributed by atoms with van der Waals surface area (Å²) in [4.78, 5) is 0. The first-order valence-electron chi connectivity index (χ1n) is 5.80. The highest BCUT2D eigenvalue weighted by Gasteiger charge is 2.17. The van der Waals surface area contributed by atoms with Gasteiger partial charge in [-0.2, -0.15) is 0 Å². The van der Waals surface area contributed by atoms with E-state index in [9.17, 15) is 18.3 Å². The summed E-state index contributed by atoms with van der Waals surface area (Å²) in [6, 6.07) is 7.65. The first kappa shape index (κ1) is 14.9. The van der Waals surface area contributed by atoms with E-state index in [2.05, 4.69) is 21.2 Å². The van der Waals surface area contributed by atoms with E-state index >= 15 is 0 Å². The monoisotopic (exact) mass is 345 g/mol. The zero-order chi connectivity index (χ0) is 14.7. The molecule has 2 aromatic carbocycles. The van der Waals surface area contributed by atoms with Gasteiger partial charge in [0.1, 0.15) is 23.6 Å². The topological polar surface area (TPSA) is 32.3 Å². The quantitative estimate of drug-likeness (QED) is 0.877. The minimum atomic E-state index is -1.42. The van der Waals surface area contributed by atoms with Gasteiger partial charge in [-0.15, -0.1) is 0 Å². The summed E-state index contributed by atoms with van der Waals surface area (Å²) in [5.74, 6) is -2.20. The summed E-state index contributed by atoms with van der Waals surface area (Å²) >= 11 is 3.12. The number of rotatable bonds is 4. The summed E-state index contributed by atoms with van der Waals surface area (Å²) in [6.45, 7) is -0.212. The molecule has 0 radical (unpaired) electrons. The van der Waals surface area contributed by atoms with Crippen LogP contribution in [0.1, 0.15) is 11.7 Å². The first-order valence-corrected chi connectivity index (χ1v) is 6.59. The molecule has 1 atom stereocenters. The number of anilines is 1. The predicted molar refractivity (Wildman–Crippen MR) is 73.9 cm³/mol. The van der Waals surface area contributed by atoms with Crippen LogP contribution < -0.4 is 5.32 Å². The molecular formula is C14H11BrF3NO.